The van der Waals surface area contributed by atoms with Gasteiger partial charge in [0, 0.05) is 12.6 Å². The zero-order chi connectivity index (χ0) is 15.0. The largest absolute Gasteiger partial charge is 0.465 e. The number of fused-ring (bicyclic) bond motifs is 1. The van der Waals surface area contributed by atoms with Gasteiger partial charge in [-0.05, 0) is 0 Å². The molecule has 0 bridgehead atoms. The third-order valence-electron chi connectivity index (χ3n) is 3.15. The summed E-state index contributed by atoms with van der Waals surface area (Å²) in [6.45, 7) is 0. The molecule has 3 rings (SSSR count). The smallest absolute Gasteiger partial charge is 0.341 e. The minimum absolute atomic E-state index is 0.123. The molecule has 2 aromatic heterocycles. The standard InChI is InChI=1S/C14H12N4O3/c1-17-13(19)11-10(14(20)21-2)8-15-18(11)12(16-17)9-6-4-3-5-7-9/h3-8H,1-2H3. The highest BCUT2D eigenvalue weighted by atomic mass is 16.5. The number of aryl methyl sites for hydroxylation is 1. The van der Waals surface area contributed by atoms with Gasteiger partial charge in [0.15, 0.2) is 5.82 Å². The second kappa shape index (κ2) is 4.86. The Kier molecular flexibility index (Phi) is 3.02. The second-order valence-electron chi connectivity index (χ2n) is 4.43. The number of nitrogens with zero attached hydrogens (tertiary/aromatic N) is 4. The van der Waals surface area contributed by atoms with Gasteiger partial charge in [-0.25, -0.2) is 14.0 Å². The van der Waals surface area contributed by atoms with Crippen molar-refractivity contribution in [2.45, 2.75) is 0 Å². The van der Waals surface area contributed by atoms with Crippen LogP contribution >= 0.6 is 0 Å². The molecule has 0 amide bonds. The lowest BCUT2D eigenvalue weighted by molar-refractivity contribution is 0.0603. The molecule has 106 valence electrons. The average Bonchev–Trinajstić information content (AvgIpc) is 2.96. The number of aromatic nitrogens is 4. The molecule has 0 aliphatic heterocycles. The molecule has 0 N–H and O–H groups in total. The normalized spacial score (nSPS) is 10.8. The summed E-state index contributed by atoms with van der Waals surface area (Å²) in [6.07, 6.45) is 1.32. The Morgan fingerprint density at radius 1 is 1.24 bits per heavy atom. The molecule has 7 nitrogen and oxygen atoms in total. The van der Waals surface area contributed by atoms with Crippen molar-refractivity contribution in [2.24, 2.45) is 7.05 Å². The molecule has 0 spiro atoms. The van der Waals surface area contributed by atoms with Crippen LogP contribution in [0.15, 0.2) is 41.3 Å². The number of carbonyl (C=O) groups is 1. The summed E-state index contributed by atoms with van der Waals surface area (Å²) in [4.78, 5) is 24.0. The van der Waals surface area contributed by atoms with Gasteiger partial charge < -0.3 is 4.74 Å². The van der Waals surface area contributed by atoms with Crippen LogP contribution in [-0.4, -0.2) is 32.5 Å². The van der Waals surface area contributed by atoms with Crippen molar-refractivity contribution >= 4 is 11.5 Å². The van der Waals surface area contributed by atoms with E-state index in [0.717, 1.165) is 5.56 Å². The number of hydrogen-bond donors (Lipinski definition) is 0. The first kappa shape index (κ1) is 13.0. The second-order valence-corrected chi connectivity index (χ2v) is 4.43. The van der Waals surface area contributed by atoms with Crippen molar-refractivity contribution in [3.8, 4) is 11.4 Å². The van der Waals surface area contributed by atoms with Gasteiger partial charge in [-0.1, -0.05) is 30.3 Å². The maximum atomic E-state index is 12.2. The minimum atomic E-state index is -0.604. The number of hydrogen-bond acceptors (Lipinski definition) is 5. The lowest BCUT2D eigenvalue weighted by Crippen LogP contribution is -2.24. The molecule has 0 fully saturated rings. The zero-order valence-corrected chi connectivity index (χ0v) is 11.5. The number of benzene rings is 1. The molecule has 0 aliphatic carbocycles. The van der Waals surface area contributed by atoms with Crippen LogP contribution < -0.4 is 5.56 Å². The van der Waals surface area contributed by atoms with Crippen LogP contribution in [0.2, 0.25) is 0 Å². The van der Waals surface area contributed by atoms with Crippen LogP contribution in [0, 0.1) is 0 Å². The van der Waals surface area contributed by atoms with E-state index >= 15 is 0 Å². The summed E-state index contributed by atoms with van der Waals surface area (Å²) in [6, 6.07) is 9.31. The Balaban J connectivity index is 2.39. The fourth-order valence-electron chi connectivity index (χ4n) is 2.12. The SMILES string of the molecule is COC(=O)c1cnn2c(-c3ccccc3)nn(C)c(=O)c12. The molecule has 0 aliphatic rings. The van der Waals surface area contributed by atoms with Crippen LogP contribution in [-0.2, 0) is 11.8 Å². The van der Waals surface area contributed by atoms with E-state index in [1.807, 2.05) is 30.3 Å². The van der Waals surface area contributed by atoms with Gasteiger partial charge in [0.2, 0.25) is 0 Å². The number of carbonyl (C=O) groups excluding carboxylic acids is 1. The van der Waals surface area contributed by atoms with Crippen molar-refractivity contribution in [3.05, 3.63) is 52.4 Å². The Bertz CT molecular complexity index is 880. The van der Waals surface area contributed by atoms with Gasteiger partial charge in [-0.2, -0.15) is 5.10 Å². The monoisotopic (exact) mass is 284 g/mol. The zero-order valence-electron chi connectivity index (χ0n) is 11.5. The molecule has 0 saturated carbocycles. The first-order chi connectivity index (χ1) is 10.1. The van der Waals surface area contributed by atoms with E-state index in [4.69, 9.17) is 0 Å². The molecule has 2 heterocycles. The van der Waals surface area contributed by atoms with E-state index < -0.39 is 11.5 Å². The van der Waals surface area contributed by atoms with Gasteiger partial charge in [0.1, 0.15) is 11.1 Å². The molecule has 0 unspecified atom stereocenters. The minimum Gasteiger partial charge on any atom is -0.465 e. The molecular formula is C14H12N4O3. The molecule has 3 aromatic rings. The maximum Gasteiger partial charge on any atom is 0.341 e. The fourth-order valence-corrected chi connectivity index (χ4v) is 2.12. The summed E-state index contributed by atoms with van der Waals surface area (Å²) in [5.41, 5.74) is 0.654. The van der Waals surface area contributed by atoms with E-state index in [1.165, 1.54) is 29.6 Å². The van der Waals surface area contributed by atoms with Crippen molar-refractivity contribution in [1.29, 1.82) is 0 Å². The quantitative estimate of drug-likeness (QED) is 0.653. The Labute approximate surface area is 119 Å². The highest BCUT2D eigenvalue weighted by molar-refractivity contribution is 5.96. The van der Waals surface area contributed by atoms with Gasteiger partial charge in [-0.3, -0.25) is 4.79 Å². The lowest BCUT2D eigenvalue weighted by atomic mass is 10.2. The molecular weight excluding hydrogens is 272 g/mol. The first-order valence-corrected chi connectivity index (χ1v) is 6.22. The Hall–Kier alpha value is -2.96. The highest BCUT2D eigenvalue weighted by Gasteiger charge is 2.20. The summed E-state index contributed by atoms with van der Waals surface area (Å²) >= 11 is 0. The van der Waals surface area contributed by atoms with Crippen molar-refractivity contribution in [3.63, 3.8) is 0 Å². The first-order valence-electron chi connectivity index (χ1n) is 6.22. The van der Waals surface area contributed by atoms with Crippen LogP contribution in [0.3, 0.4) is 0 Å². The van der Waals surface area contributed by atoms with Gasteiger partial charge in [-0.15, -0.1) is 5.10 Å². The van der Waals surface area contributed by atoms with Crippen LogP contribution in [0.5, 0.6) is 0 Å². The molecule has 1 aromatic carbocycles. The van der Waals surface area contributed by atoms with Crippen molar-refractivity contribution in [2.75, 3.05) is 7.11 Å². The molecule has 7 heteroatoms. The maximum absolute atomic E-state index is 12.2. The Morgan fingerprint density at radius 3 is 2.62 bits per heavy atom. The van der Waals surface area contributed by atoms with Crippen LogP contribution in [0.1, 0.15) is 10.4 Å². The number of ether oxygens (including phenoxy) is 1. The average molecular weight is 284 g/mol. The van der Waals surface area contributed by atoms with Crippen molar-refractivity contribution in [1.82, 2.24) is 19.4 Å². The third-order valence-corrected chi connectivity index (χ3v) is 3.15. The van der Waals surface area contributed by atoms with Crippen LogP contribution in [0.25, 0.3) is 16.9 Å². The van der Waals surface area contributed by atoms with E-state index in [1.54, 1.807) is 0 Å². The van der Waals surface area contributed by atoms with E-state index in [2.05, 4.69) is 14.9 Å². The van der Waals surface area contributed by atoms with E-state index in [-0.39, 0.29) is 11.1 Å². The summed E-state index contributed by atoms with van der Waals surface area (Å²) in [7, 11) is 2.79. The van der Waals surface area contributed by atoms with Gasteiger partial charge in [0.05, 0.1) is 13.3 Å². The number of esters is 1. The van der Waals surface area contributed by atoms with Crippen LogP contribution in [0.4, 0.5) is 0 Å². The molecule has 0 atom stereocenters. The predicted octanol–water partition coefficient (Wildman–Crippen LogP) is 0.882. The predicted molar refractivity (Wildman–Crippen MR) is 75.0 cm³/mol. The number of rotatable bonds is 2. The summed E-state index contributed by atoms with van der Waals surface area (Å²) in [5.74, 6) is -0.129. The van der Waals surface area contributed by atoms with Gasteiger partial charge >= 0.3 is 5.97 Å². The van der Waals surface area contributed by atoms with E-state index in [0.29, 0.717) is 5.82 Å². The molecule has 0 radical (unpaired) electrons. The molecule has 0 saturated heterocycles. The number of methoxy groups -OCH3 is 1. The summed E-state index contributed by atoms with van der Waals surface area (Å²) in [5, 5.41) is 8.33. The molecule has 21 heavy (non-hydrogen) atoms. The highest BCUT2D eigenvalue weighted by Crippen LogP contribution is 2.17. The van der Waals surface area contributed by atoms with Gasteiger partial charge in [0.25, 0.3) is 5.56 Å². The topological polar surface area (TPSA) is 78.5 Å². The lowest BCUT2D eigenvalue weighted by Gasteiger charge is -2.06. The fraction of sp³-hybridized carbons (Fsp3) is 0.143. The summed E-state index contributed by atoms with van der Waals surface area (Å²) < 4.78 is 7.23. The van der Waals surface area contributed by atoms with Crippen molar-refractivity contribution < 1.29 is 9.53 Å². The Morgan fingerprint density at radius 2 is 1.95 bits per heavy atom. The third kappa shape index (κ3) is 1.99. The van der Waals surface area contributed by atoms with E-state index in [9.17, 15) is 9.59 Å².